The third kappa shape index (κ3) is 6.43. The highest BCUT2D eigenvalue weighted by Gasteiger charge is 2.18. The highest BCUT2D eigenvalue weighted by molar-refractivity contribution is 5.75. The maximum absolute atomic E-state index is 11.7. The molecule has 1 rings (SSSR count). The van der Waals surface area contributed by atoms with E-state index >= 15 is 0 Å². The summed E-state index contributed by atoms with van der Waals surface area (Å²) in [6.07, 6.45) is 9.80. The van der Waals surface area contributed by atoms with Crippen molar-refractivity contribution in [1.29, 1.82) is 0 Å². The van der Waals surface area contributed by atoms with Gasteiger partial charge in [-0.2, -0.15) is 0 Å². The van der Waals surface area contributed by atoms with Crippen LogP contribution in [0.25, 0.3) is 0 Å². The number of hydrogen-bond donors (Lipinski definition) is 1. The second kappa shape index (κ2) is 9.62. The van der Waals surface area contributed by atoms with Crippen LogP contribution in [-0.4, -0.2) is 30.9 Å². The lowest BCUT2D eigenvalue weighted by Gasteiger charge is -2.16. The second-order valence-electron chi connectivity index (χ2n) is 4.61. The zero-order chi connectivity index (χ0) is 13.9. The van der Waals surface area contributed by atoms with Gasteiger partial charge in [-0.3, -0.25) is 4.79 Å². The van der Waals surface area contributed by atoms with Crippen molar-refractivity contribution in [3.63, 3.8) is 0 Å². The molecule has 0 radical (unpaired) electrons. The first-order valence-electron chi connectivity index (χ1n) is 7.06. The number of aliphatic hydroxyl groups is 1. The van der Waals surface area contributed by atoms with Gasteiger partial charge in [0.25, 0.3) is 0 Å². The molecule has 0 amide bonds. The number of allylic oxidation sites excluding steroid dienone is 2. The van der Waals surface area contributed by atoms with Crippen molar-refractivity contribution in [3.8, 4) is 0 Å². The lowest BCUT2D eigenvalue weighted by molar-refractivity contribution is -0.146. The number of carbonyl (C=O) groups excluding carboxylic acids is 1. The molecule has 0 aromatic heterocycles. The first-order valence-corrected chi connectivity index (χ1v) is 7.06. The fourth-order valence-electron chi connectivity index (χ4n) is 1.71. The molecule has 0 aromatic rings. The molecular weight excluding hydrogens is 244 g/mol. The number of ether oxygens (including phenoxy) is 2. The first kappa shape index (κ1) is 15.8. The minimum atomic E-state index is -0.201. The molecule has 0 aromatic carbocycles. The van der Waals surface area contributed by atoms with Crippen LogP contribution in [0.4, 0.5) is 0 Å². The van der Waals surface area contributed by atoms with Crippen LogP contribution < -0.4 is 0 Å². The Labute approximate surface area is 115 Å². The predicted molar refractivity (Wildman–Crippen MR) is 73.5 cm³/mol. The van der Waals surface area contributed by atoms with E-state index in [9.17, 15) is 4.79 Å². The molecule has 0 saturated heterocycles. The van der Waals surface area contributed by atoms with E-state index < -0.39 is 0 Å². The average Bonchev–Trinajstić information content (AvgIpc) is 2.44. The van der Waals surface area contributed by atoms with Crippen LogP contribution >= 0.6 is 0 Å². The van der Waals surface area contributed by atoms with Gasteiger partial charge in [-0.25, -0.2) is 0 Å². The van der Waals surface area contributed by atoms with E-state index in [0.717, 1.165) is 25.2 Å². The number of aliphatic hydroxyl groups excluding tert-OH is 1. The highest BCUT2D eigenvalue weighted by atomic mass is 16.5. The Morgan fingerprint density at radius 3 is 2.84 bits per heavy atom. The molecule has 1 aliphatic carbocycles. The maximum Gasteiger partial charge on any atom is 0.313 e. The summed E-state index contributed by atoms with van der Waals surface area (Å²) in [7, 11) is 0. The van der Waals surface area contributed by atoms with E-state index in [0.29, 0.717) is 25.9 Å². The van der Waals surface area contributed by atoms with Gasteiger partial charge in [0, 0.05) is 6.61 Å². The van der Waals surface area contributed by atoms with E-state index in [4.69, 9.17) is 14.6 Å². The Kier molecular flexibility index (Phi) is 7.98. The lowest BCUT2D eigenvalue weighted by atomic mass is 10.0. The molecule has 1 N–H and O–H groups in total. The van der Waals surface area contributed by atoms with Crippen molar-refractivity contribution < 1.29 is 19.4 Å². The van der Waals surface area contributed by atoms with E-state index in [2.05, 4.69) is 6.92 Å². The summed E-state index contributed by atoms with van der Waals surface area (Å²) in [6.45, 7) is 3.37. The molecule has 1 atom stereocenters. The van der Waals surface area contributed by atoms with Gasteiger partial charge in [0.1, 0.15) is 5.76 Å². The Hall–Kier alpha value is -1.29. The highest BCUT2D eigenvalue weighted by Crippen LogP contribution is 2.18. The van der Waals surface area contributed by atoms with Crippen molar-refractivity contribution >= 4 is 5.97 Å². The van der Waals surface area contributed by atoms with E-state index in [1.807, 2.05) is 18.2 Å². The van der Waals surface area contributed by atoms with Crippen molar-refractivity contribution in [2.45, 2.75) is 39.0 Å². The van der Waals surface area contributed by atoms with Crippen LogP contribution in [0.2, 0.25) is 0 Å². The fraction of sp³-hybridized carbons (Fsp3) is 0.667. The molecule has 1 unspecified atom stereocenters. The molecule has 4 heteroatoms. The minimum absolute atomic E-state index is 0.141. The summed E-state index contributed by atoms with van der Waals surface area (Å²) in [5.74, 6) is 0.448. The van der Waals surface area contributed by atoms with Crippen molar-refractivity contribution in [3.05, 3.63) is 24.0 Å². The molecule has 4 nitrogen and oxygen atoms in total. The topological polar surface area (TPSA) is 55.8 Å². The van der Waals surface area contributed by atoms with Gasteiger partial charge in [-0.05, 0) is 37.8 Å². The molecule has 0 heterocycles. The van der Waals surface area contributed by atoms with Crippen LogP contribution in [0.5, 0.6) is 0 Å². The smallest absolute Gasteiger partial charge is 0.313 e. The Morgan fingerprint density at radius 1 is 1.37 bits per heavy atom. The maximum atomic E-state index is 11.7. The van der Waals surface area contributed by atoms with Crippen LogP contribution in [0.15, 0.2) is 24.0 Å². The zero-order valence-corrected chi connectivity index (χ0v) is 11.6. The molecule has 0 fully saturated rings. The summed E-state index contributed by atoms with van der Waals surface area (Å²) in [5.41, 5.74) is 0. The zero-order valence-electron chi connectivity index (χ0n) is 11.6. The lowest BCUT2D eigenvalue weighted by Crippen LogP contribution is -2.18. The molecule has 1 aliphatic rings. The molecule has 0 spiro atoms. The van der Waals surface area contributed by atoms with E-state index in [1.54, 1.807) is 0 Å². The summed E-state index contributed by atoms with van der Waals surface area (Å²) in [5, 5.41) is 8.62. The number of carbonyl (C=O) groups is 1. The van der Waals surface area contributed by atoms with Crippen LogP contribution in [0.1, 0.15) is 39.0 Å². The summed E-state index contributed by atoms with van der Waals surface area (Å²) in [4.78, 5) is 11.7. The summed E-state index contributed by atoms with van der Waals surface area (Å²) < 4.78 is 10.7. The van der Waals surface area contributed by atoms with E-state index in [-0.39, 0.29) is 18.5 Å². The van der Waals surface area contributed by atoms with Gasteiger partial charge in [-0.1, -0.05) is 19.4 Å². The second-order valence-corrected chi connectivity index (χ2v) is 4.61. The van der Waals surface area contributed by atoms with Gasteiger partial charge in [0.05, 0.1) is 19.1 Å². The normalized spacial score (nSPS) is 18.0. The van der Waals surface area contributed by atoms with Crippen molar-refractivity contribution in [2.24, 2.45) is 5.92 Å². The Bertz CT molecular complexity index is 320. The third-order valence-corrected chi connectivity index (χ3v) is 2.93. The fourth-order valence-corrected chi connectivity index (χ4v) is 1.71. The van der Waals surface area contributed by atoms with Crippen LogP contribution in [-0.2, 0) is 14.3 Å². The molecule has 0 saturated carbocycles. The largest absolute Gasteiger partial charge is 0.494 e. The Morgan fingerprint density at radius 2 is 2.21 bits per heavy atom. The SMILES string of the molecule is CCCCOC1=CCC(C(=O)OCCCCO)C=C1. The number of rotatable bonds is 9. The number of esters is 1. The molecule has 0 bridgehead atoms. The number of hydrogen-bond acceptors (Lipinski definition) is 4. The molecule has 19 heavy (non-hydrogen) atoms. The monoisotopic (exact) mass is 268 g/mol. The van der Waals surface area contributed by atoms with Gasteiger partial charge in [-0.15, -0.1) is 0 Å². The van der Waals surface area contributed by atoms with Gasteiger partial charge < -0.3 is 14.6 Å². The summed E-state index contributed by atoms with van der Waals surface area (Å²) >= 11 is 0. The van der Waals surface area contributed by atoms with Gasteiger partial charge in [0.15, 0.2) is 0 Å². The molecule has 108 valence electrons. The average molecular weight is 268 g/mol. The molecule has 0 aliphatic heterocycles. The third-order valence-electron chi connectivity index (χ3n) is 2.93. The minimum Gasteiger partial charge on any atom is -0.494 e. The summed E-state index contributed by atoms with van der Waals surface area (Å²) in [6, 6.07) is 0. The first-order chi connectivity index (χ1) is 9.27. The number of unbranched alkanes of at least 4 members (excludes halogenated alkanes) is 2. The van der Waals surface area contributed by atoms with Crippen molar-refractivity contribution in [1.82, 2.24) is 0 Å². The quantitative estimate of drug-likeness (QED) is 0.516. The van der Waals surface area contributed by atoms with Crippen LogP contribution in [0, 0.1) is 5.92 Å². The van der Waals surface area contributed by atoms with Crippen LogP contribution in [0.3, 0.4) is 0 Å². The predicted octanol–water partition coefficient (Wildman–Crippen LogP) is 2.58. The van der Waals surface area contributed by atoms with E-state index in [1.165, 1.54) is 0 Å². The van der Waals surface area contributed by atoms with Gasteiger partial charge in [0.2, 0.25) is 0 Å². The Balaban J connectivity index is 2.21. The van der Waals surface area contributed by atoms with Gasteiger partial charge >= 0.3 is 5.97 Å². The van der Waals surface area contributed by atoms with Crippen molar-refractivity contribution in [2.75, 3.05) is 19.8 Å². The molecular formula is C15H24O4. The standard InChI is InChI=1S/C15H24O4/c1-2-3-11-18-14-8-6-13(7-9-14)15(17)19-12-5-4-10-16/h6,8-9,13,16H,2-5,7,10-12H2,1H3.